The Morgan fingerprint density at radius 1 is 0.744 bits per heavy atom. The lowest BCUT2D eigenvalue weighted by Crippen LogP contribution is -2.39. The zero-order valence-corrected chi connectivity index (χ0v) is 20.8. The smallest absolute Gasteiger partial charge is 0.363 e. The van der Waals surface area contributed by atoms with Crippen LogP contribution in [0.2, 0.25) is 0 Å². The van der Waals surface area contributed by atoms with Crippen molar-refractivity contribution >= 4 is 23.1 Å². The molecular formula is C30H24N4O5. The van der Waals surface area contributed by atoms with Crippen LogP contribution in [0.15, 0.2) is 113 Å². The van der Waals surface area contributed by atoms with Crippen LogP contribution in [0.3, 0.4) is 0 Å². The van der Waals surface area contributed by atoms with Crippen molar-refractivity contribution in [1.82, 2.24) is 9.71 Å². The summed E-state index contributed by atoms with van der Waals surface area (Å²) in [6.07, 6.45) is 0. The Morgan fingerprint density at radius 2 is 1.26 bits per heavy atom. The molecule has 4 N–H and O–H groups in total. The van der Waals surface area contributed by atoms with Crippen LogP contribution in [0.25, 0.3) is 22.3 Å². The zero-order chi connectivity index (χ0) is 27.4. The molecule has 0 saturated heterocycles. The number of nitrogens with zero attached hydrogens (tertiary/aromatic N) is 1. The lowest BCUT2D eigenvalue weighted by atomic mass is 10.1. The molecular weight excluding hydrogens is 496 g/mol. The maximum atomic E-state index is 13.2. The molecule has 0 bridgehead atoms. The summed E-state index contributed by atoms with van der Waals surface area (Å²) in [6, 6.07) is 31.6. The van der Waals surface area contributed by atoms with Crippen molar-refractivity contribution in [1.29, 1.82) is 0 Å². The van der Waals surface area contributed by atoms with Gasteiger partial charge in [0.15, 0.2) is 0 Å². The molecule has 9 nitrogen and oxygen atoms in total. The van der Waals surface area contributed by atoms with Gasteiger partial charge in [-0.2, -0.15) is 0 Å². The fourth-order valence-corrected chi connectivity index (χ4v) is 4.08. The number of ether oxygens (including phenoxy) is 1. The average Bonchev–Trinajstić information content (AvgIpc) is 2.97. The molecule has 0 aliphatic heterocycles. The minimum Gasteiger partial charge on any atom is -0.497 e. The highest BCUT2D eigenvalue weighted by atomic mass is 16.5. The van der Waals surface area contributed by atoms with Crippen molar-refractivity contribution in [3.8, 4) is 28.0 Å². The van der Waals surface area contributed by atoms with E-state index in [2.05, 4.69) is 15.6 Å². The maximum absolute atomic E-state index is 13.2. The predicted molar refractivity (Wildman–Crippen MR) is 150 cm³/mol. The number of methoxy groups -OCH3 is 1. The minimum absolute atomic E-state index is 0.134. The molecule has 5 rings (SSSR count). The third kappa shape index (κ3) is 5.42. The molecule has 0 saturated carbocycles. The average molecular weight is 521 g/mol. The minimum atomic E-state index is -1.16. The van der Waals surface area contributed by atoms with Gasteiger partial charge in [0.05, 0.1) is 7.11 Å². The number of hydrogen-bond acceptors (Lipinski definition) is 6. The number of aromatic nitrogens is 2. The number of amides is 1. The Kier molecular flexibility index (Phi) is 6.96. The van der Waals surface area contributed by atoms with Crippen LogP contribution in [0, 0.1) is 0 Å². The first-order valence-corrected chi connectivity index (χ1v) is 12.0. The number of anilines is 3. The molecule has 1 aromatic heterocycles. The molecule has 0 unspecified atom stereocenters. The molecule has 39 heavy (non-hydrogen) atoms. The van der Waals surface area contributed by atoms with E-state index in [1.165, 1.54) is 0 Å². The monoisotopic (exact) mass is 520 g/mol. The Hall–Kier alpha value is -5.57. The zero-order valence-electron chi connectivity index (χ0n) is 20.8. The Labute approximate surface area is 222 Å². The molecule has 0 aliphatic carbocycles. The largest absolute Gasteiger partial charge is 0.497 e. The van der Waals surface area contributed by atoms with Gasteiger partial charge in [0.1, 0.15) is 17.1 Å². The third-order valence-electron chi connectivity index (χ3n) is 6.14. The van der Waals surface area contributed by atoms with E-state index in [9.17, 15) is 19.6 Å². The summed E-state index contributed by atoms with van der Waals surface area (Å²) in [4.78, 5) is 40.4. The van der Waals surface area contributed by atoms with Crippen molar-refractivity contribution in [2.75, 3.05) is 17.7 Å². The number of aromatic amines is 1. The van der Waals surface area contributed by atoms with Gasteiger partial charge in [-0.1, -0.05) is 71.5 Å². The molecule has 0 aliphatic rings. The number of hydrogen-bond donors (Lipinski definition) is 4. The number of carbonyl (C=O) groups is 1. The highest BCUT2D eigenvalue weighted by Crippen LogP contribution is 2.25. The molecule has 4 aromatic carbocycles. The Balaban J connectivity index is 1.39. The topological polar surface area (TPSA) is 125 Å². The van der Waals surface area contributed by atoms with Crippen molar-refractivity contribution in [3.05, 3.63) is 130 Å². The number of benzene rings is 4. The summed E-state index contributed by atoms with van der Waals surface area (Å²) in [6.45, 7) is 0. The van der Waals surface area contributed by atoms with Crippen molar-refractivity contribution in [2.45, 2.75) is 0 Å². The van der Waals surface area contributed by atoms with Crippen LogP contribution in [-0.4, -0.2) is 27.9 Å². The summed E-state index contributed by atoms with van der Waals surface area (Å²) in [5, 5.41) is 15.5. The van der Waals surface area contributed by atoms with Crippen LogP contribution in [0.1, 0.15) is 10.4 Å². The Bertz CT molecular complexity index is 1730. The first-order chi connectivity index (χ1) is 18.9. The van der Waals surface area contributed by atoms with E-state index >= 15 is 0 Å². The van der Waals surface area contributed by atoms with E-state index in [1.54, 1.807) is 31.4 Å². The maximum Gasteiger partial charge on any atom is 0.363 e. The van der Waals surface area contributed by atoms with Crippen LogP contribution in [-0.2, 0) is 0 Å². The quantitative estimate of drug-likeness (QED) is 0.221. The van der Waals surface area contributed by atoms with E-state index in [1.807, 2.05) is 78.9 Å². The molecule has 1 heterocycles. The second-order valence-electron chi connectivity index (χ2n) is 8.63. The third-order valence-corrected chi connectivity index (χ3v) is 6.14. The highest BCUT2D eigenvalue weighted by molar-refractivity contribution is 6.07. The number of nitrogens with one attached hydrogen (secondary N) is 3. The summed E-state index contributed by atoms with van der Waals surface area (Å²) < 4.78 is 5.05. The van der Waals surface area contributed by atoms with Gasteiger partial charge in [-0.3, -0.25) is 14.6 Å². The van der Waals surface area contributed by atoms with Gasteiger partial charge in [0, 0.05) is 11.4 Å². The van der Waals surface area contributed by atoms with Gasteiger partial charge < -0.3 is 20.6 Å². The number of H-pyrrole nitrogens is 1. The normalized spacial score (nSPS) is 10.6. The van der Waals surface area contributed by atoms with Gasteiger partial charge in [0.2, 0.25) is 0 Å². The second-order valence-corrected chi connectivity index (χ2v) is 8.63. The molecule has 0 spiro atoms. The van der Waals surface area contributed by atoms with Gasteiger partial charge in [-0.15, -0.1) is 0 Å². The second kappa shape index (κ2) is 10.8. The van der Waals surface area contributed by atoms with Crippen molar-refractivity contribution in [2.24, 2.45) is 0 Å². The summed E-state index contributed by atoms with van der Waals surface area (Å²) in [5.74, 6) is -0.204. The van der Waals surface area contributed by atoms with E-state index in [0.717, 1.165) is 28.0 Å². The molecule has 5 aromatic rings. The first kappa shape index (κ1) is 25.1. The van der Waals surface area contributed by atoms with E-state index in [4.69, 9.17) is 4.74 Å². The highest BCUT2D eigenvalue weighted by Gasteiger charge is 2.21. The summed E-state index contributed by atoms with van der Waals surface area (Å²) in [5.41, 5.74) is 2.13. The molecule has 9 heteroatoms. The molecule has 0 fully saturated rings. The van der Waals surface area contributed by atoms with Crippen molar-refractivity contribution < 1.29 is 14.7 Å². The molecule has 0 atom stereocenters. The standard InChI is InChI=1S/C30H24N4O5/c1-39-25-17-11-22(12-18-25)21-9-15-24(16-10-21)32-28(35)26-27(33-30(37)34(38)29(26)36)31-23-13-7-20(8-14-23)19-5-3-2-4-6-19/h2-18,31,38H,1H3,(H,32,35)(H,33,37). The van der Waals surface area contributed by atoms with Crippen LogP contribution in [0.5, 0.6) is 5.75 Å². The molecule has 0 radical (unpaired) electrons. The molecule has 194 valence electrons. The number of carbonyl (C=O) groups excluding carboxylic acids is 1. The van der Waals surface area contributed by atoms with Crippen LogP contribution < -0.4 is 26.6 Å². The lowest BCUT2D eigenvalue weighted by molar-refractivity contribution is 0.101. The van der Waals surface area contributed by atoms with E-state index in [-0.39, 0.29) is 10.5 Å². The SMILES string of the molecule is COc1ccc(-c2ccc(NC(=O)c3c(Nc4ccc(-c5ccccc5)cc4)[nH]c(=O)n(O)c3=O)cc2)cc1. The fourth-order valence-electron chi connectivity index (χ4n) is 4.08. The van der Waals surface area contributed by atoms with Gasteiger partial charge in [0.25, 0.3) is 5.91 Å². The van der Waals surface area contributed by atoms with Gasteiger partial charge in [-0.05, 0) is 58.7 Å². The van der Waals surface area contributed by atoms with E-state index < -0.39 is 22.7 Å². The van der Waals surface area contributed by atoms with E-state index in [0.29, 0.717) is 11.4 Å². The van der Waals surface area contributed by atoms with Crippen LogP contribution >= 0.6 is 0 Å². The number of rotatable bonds is 7. The lowest BCUT2D eigenvalue weighted by Gasteiger charge is -2.13. The fraction of sp³-hybridized carbons (Fsp3) is 0.0333. The van der Waals surface area contributed by atoms with Gasteiger partial charge in [-0.25, -0.2) is 4.79 Å². The van der Waals surface area contributed by atoms with Crippen molar-refractivity contribution in [3.63, 3.8) is 0 Å². The van der Waals surface area contributed by atoms with Gasteiger partial charge >= 0.3 is 11.2 Å². The first-order valence-electron chi connectivity index (χ1n) is 12.0. The Morgan fingerprint density at radius 3 is 1.82 bits per heavy atom. The predicted octanol–water partition coefficient (Wildman–Crippen LogP) is 5.11. The molecule has 1 amide bonds. The summed E-state index contributed by atoms with van der Waals surface area (Å²) >= 11 is 0. The summed E-state index contributed by atoms with van der Waals surface area (Å²) in [7, 11) is 1.60. The van der Waals surface area contributed by atoms with Crippen LogP contribution in [0.4, 0.5) is 17.2 Å².